The van der Waals surface area contributed by atoms with E-state index < -0.39 is 5.97 Å². The topological polar surface area (TPSA) is 62.5 Å². The number of aliphatic carboxylic acids is 1. The highest BCUT2D eigenvalue weighted by atomic mass is 79.9. The van der Waals surface area contributed by atoms with Gasteiger partial charge in [-0.3, -0.25) is 4.79 Å². The molecule has 1 aromatic heterocycles. The van der Waals surface area contributed by atoms with Crippen molar-refractivity contribution in [1.82, 2.24) is 4.57 Å². The monoisotopic (exact) mass is 415 g/mol. The van der Waals surface area contributed by atoms with Crippen molar-refractivity contribution in [3.8, 4) is 5.75 Å². The molecule has 1 atom stereocenters. The van der Waals surface area contributed by atoms with Gasteiger partial charge in [0.05, 0.1) is 17.0 Å². The van der Waals surface area contributed by atoms with Gasteiger partial charge >= 0.3 is 5.97 Å². The van der Waals surface area contributed by atoms with Crippen molar-refractivity contribution in [3.63, 3.8) is 0 Å². The molecule has 0 bridgehead atoms. The number of nitrogens with zero attached hydrogens (tertiary/aromatic N) is 1. The van der Waals surface area contributed by atoms with Crippen LogP contribution < -0.4 is 0 Å². The minimum atomic E-state index is -0.835. The lowest BCUT2D eigenvalue weighted by Gasteiger charge is -2.18. The van der Waals surface area contributed by atoms with Crippen LogP contribution in [0, 0.1) is 0 Å². The first-order valence-electron chi connectivity index (χ1n) is 8.34. The van der Waals surface area contributed by atoms with Crippen molar-refractivity contribution in [2.24, 2.45) is 0 Å². The van der Waals surface area contributed by atoms with Crippen molar-refractivity contribution in [2.45, 2.75) is 57.9 Å². The van der Waals surface area contributed by atoms with Gasteiger partial charge in [0, 0.05) is 22.1 Å². The number of unbranched alkanes of at least 4 members (excludes halogenated alkanes) is 4. The number of carboxylic acids is 1. The second-order valence-corrected chi connectivity index (χ2v) is 7.42. The van der Waals surface area contributed by atoms with Crippen LogP contribution in [0.15, 0.2) is 22.8 Å². The van der Waals surface area contributed by atoms with Crippen molar-refractivity contribution in [3.05, 3.63) is 27.8 Å². The highest BCUT2D eigenvalue weighted by Gasteiger charge is 2.20. The van der Waals surface area contributed by atoms with Gasteiger partial charge in [0.1, 0.15) is 5.75 Å². The molecule has 0 fully saturated rings. The molecule has 24 heavy (non-hydrogen) atoms. The molecule has 0 amide bonds. The van der Waals surface area contributed by atoms with Crippen LogP contribution in [0.5, 0.6) is 5.75 Å². The molecular weight excluding hydrogens is 394 g/mol. The number of carboxylic acid groups (broad SMARTS) is 1. The summed E-state index contributed by atoms with van der Waals surface area (Å²) in [5, 5.41) is 20.7. The van der Waals surface area contributed by atoms with Gasteiger partial charge < -0.3 is 14.8 Å². The summed E-state index contributed by atoms with van der Waals surface area (Å²) < 4.78 is 2.57. The summed E-state index contributed by atoms with van der Waals surface area (Å²) in [5.74, 6) is -0.693. The molecule has 132 valence electrons. The van der Waals surface area contributed by atoms with E-state index in [0.717, 1.165) is 24.8 Å². The van der Waals surface area contributed by atoms with Crippen molar-refractivity contribution < 1.29 is 15.0 Å². The van der Waals surface area contributed by atoms with E-state index in [0.29, 0.717) is 14.9 Å². The number of hydrogen-bond acceptors (Lipinski definition) is 2. The summed E-state index contributed by atoms with van der Waals surface area (Å²) in [7, 11) is 0. The molecule has 0 aliphatic rings. The molecule has 2 aromatic rings. The van der Waals surface area contributed by atoms with Gasteiger partial charge in [-0.2, -0.15) is 0 Å². The van der Waals surface area contributed by atoms with E-state index in [1.807, 2.05) is 4.57 Å². The second kappa shape index (κ2) is 8.77. The molecule has 0 radical (unpaired) electrons. The maximum atomic E-state index is 11.3. The number of rotatable bonds is 9. The van der Waals surface area contributed by atoms with E-state index >= 15 is 0 Å². The van der Waals surface area contributed by atoms with Crippen LogP contribution in [-0.2, 0) is 4.79 Å². The fourth-order valence-corrected chi connectivity index (χ4v) is 3.55. The van der Waals surface area contributed by atoms with Crippen LogP contribution in [-0.4, -0.2) is 20.7 Å². The third-order valence-electron chi connectivity index (χ3n) is 4.30. The van der Waals surface area contributed by atoms with Crippen LogP contribution in [0.25, 0.3) is 10.9 Å². The van der Waals surface area contributed by atoms with E-state index in [1.54, 1.807) is 18.3 Å². The average molecular weight is 417 g/mol. The summed E-state index contributed by atoms with van der Waals surface area (Å²) in [6, 6.07) is 3.35. The first kappa shape index (κ1) is 19.1. The third kappa shape index (κ3) is 4.67. The molecular formula is C18H23BrClNO3. The zero-order valence-corrected chi connectivity index (χ0v) is 16.1. The van der Waals surface area contributed by atoms with Crippen molar-refractivity contribution in [1.29, 1.82) is 0 Å². The third-order valence-corrected chi connectivity index (χ3v) is 5.50. The van der Waals surface area contributed by atoms with Gasteiger partial charge in [-0.05, 0) is 34.5 Å². The lowest BCUT2D eigenvalue weighted by atomic mass is 10.0. The van der Waals surface area contributed by atoms with Crippen LogP contribution >= 0.6 is 27.5 Å². The number of halogens is 2. The van der Waals surface area contributed by atoms with E-state index in [2.05, 4.69) is 22.9 Å². The van der Waals surface area contributed by atoms with Crippen LogP contribution in [0.3, 0.4) is 0 Å². The molecule has 0 aliphatic heterocycles. The first-order chi connectivity index (χ1) is 11.4. The maximum absolute atomic E-state index is 11.3. The fraction of sp³-hybridized carbons (Fsp3) is 0.500. The molecule has 4 nitrogen and oxygen atoms in total. The average Bonchev–Trinajstić information content (AvgIpc) is 2.82. The largest absolute Gasteiger partial charge is 0.506 e. The SMILES string of the molecule is CCCCCCCC(CC(=O)O)n1cc(O)c2cc(Br)c(Cl)cc21. The molecule has 2 rings (SSSR count). The number of carbonyl (C=O) groups is 1. The van der Waals surface area contributed by atoms with Gasteiger partial charge in [0.25, 0.3) is 0 Å². The van der Waals surface area contributed by atoms with Gasteiger partial charge in [-0.25, -0.2) is 0 Å². The smallest absolute Gasteiger partial charge is 0.305 e. The summed E-state index contributed by atoms with van der Waals surface area (Å²) in [6.07, 6.45) is 8.06. The molecule has 1 unspecified atom stereocenters. The Kier molecular flexibility index (Phi) is 6.99. The van der Waals surface area contributed by atoms with Gasteiger partial charge in [-0.15, -0.1) is 0 Å². The second-order valence-electron chi connectivity index (χ2n) is 6.16. The standard InChI is InChI=1S/C18H23BrClNO3/c1-2-3-4-5-6-7-12(8-18(23)24)21-11-17(22)13-9-14(19)15(20)10-16(13)21/h9-12,22H,2-8H2,1H3,(H,23,24). The Bertz CT molecular complexity index is 714. The predicted molar refractivity (Wildman–Crippen MR) is 101 cm³/mol. The first-order valence-corrected chi connectivity index (χ1v) is 9.51. The molecule has 1 heterocycles. The number of benzene rings is 1. The zero-order valence-electron chi connectivity index (χ0n) is 13.8. The Hall–Kier alpha value is -1.20. The number of fused-ring (bicyclic) bond motifs is 1. The van der Waals surface area contributed by atoms with E-state index in [9.17, 15) is 15.0 Å². The van der Waals surface area contributed by atoms with Crippen molar-refractivity contribution >= 4 is 44.4 Å². The van der Waals surface area contributed by atoms with E-state index in [4.69, 9.17) is 11.6 Å². The molecule has 0 saturated carbocycles. The molecule has 1 aromatic carbocycles. The minimum Gasteiger partial charge on any atom is -0.506 e. The Balaban J connectivity index is 2.26. The number of aromatic hydroxyl groups is 1. The normalized spacial score (nSPS) is 12.6. The summed E-state index contributed by atoms with van der Waals surface area (Å²) in [6.45, 7) is 2.17. The van der Waals surface area contributed by atoms with Gasteiger partial charge in [0.2, 0.25) is 0 Å². The van der Waals surface area contributed by atoms with Crippen LogP contribution in [0.1, 0.15) is 57.9 Å². The predicted octanol–water partition coefficient (Wildman–Crippen LogP) is 6.14. The van der Waals surface area contributed by atoms with Gasteiger partial charge in [-0.1, -0.05) is 50.6 Å². The van der Waals surface area contributed by atoms with Gasteiger partial charge in [0.15, 0.2) is 0 Å². The van der Waals surface area contributed by atoms with Crippen molar-refractivity contribution in [2.75, 3.05) is 0 Å². The Morgan fingerprint density at radius 3 is 2.67 bits per heavy atom. The van der Waals surface area contributed by atoms with E-state index in [-0.39, 0.29) is 18.2 Å². The maximum Gasteiger partial charge on any atom is 0.305 e. The highest BCUT2D eigenvalue weighted by molar-refractivity contribution is 9.10. The fourth-order valence-electron chi connectivity index (χ4n) is 3.05. The van der Waals surface area contributed by atoms with E-state index in [1.165, 1.54) is 19.3 Å². The molecule has 0 saturated heterocycles. The summed E-state index contributed by atoms with van der Waals surface area (Å²) in [5.41, 5.74) is 0.764. The summed E-state index contributed by atoms with van der Waals surface area (Å²) in [4.78, 5) is 11.3. The lowest BCUT2D eigenvalue weighted by Crippen LogP contribution is -2.13. The Morgan fingerprint density at radius 1 is 1.29 bits per heavy atom. The molecule has 6 heteroatoms. The zero-order chi connectivity index (χ0) is 17.7. The molecule has 0 spiro atoms. The Labute approximate surface area is 155 Å². The number of hydrogen-bond donors (Lipinski definition) is 2. The Morgan fingerprint density at radius 2 is 2.00 bits per heavy atom. The molecule has 2 N–H and O–H groups in total. The summed E-state index contributed by atoms with van der Waals surface area (Å²) >= 11 is 9.54. The number of aromatic nitrogens is 1. The lowest BCUT2D eigenvalue weighted by molar-refractivity contribution is -0.137. The van der Waals surface area contributed by atoms with Crippen LogP contribution in [0.2, 0.25) is 5.02 Å². The van der Waals surface area contributed by atoms with Crippen LogP contribution in [0.4, 0.5) is 0 Å². The quantitative estimate of drug-likeness (QED) is 0.483. The highest BCUT2D eigenvalue weighted by Crippen LogP contribution is 2.37. The minimum absolute atomic E-state index is 0.0324. The molecule has 0 aliphatic carbocycles.